The number of pyridine rings is 1. The van der Waals surface area contributed by atoms with Crippen LogP contribution in [-0.2, 0) is 21.0 Å². The highest BCUT2D eigenvalue weighted by molar-refractivity contribution is 7.89. The number of hydrogen-bond donors (Lipinski definition) is 3. The van der Waals surface area contributed by atoms with Gasteiger partial charge in [0, 0.05) is 49.5 Å². The van der Waals surface area contributed by atoms with Crippen LogP contribution in [0.5, 0.6) is 0 Å². The molecule has 2 aromatic rings. The summed E-state index contributed by atoms with van der Waals surface area (Å²) in [6.07, 6.45) is 2.41. The van der Waals surface area contributed by atoms with E-state index < -0.39 is 45.4 Å². The third-order valence-electron chi connectivity index (χ3n) is 9.03. The van der Waals surface area contributed by atoms with Gasteiger partial charge in [-0.15, -0.1) is 0 Å². The fraction of sp³-hybridized carbons (Fsp3) is 0.586. The normalized spacial score (nSPS) is 28.6. The lowest BCUT2D eigenvalue weighted by Gasteiger charge is -2.38. The van der Waals surface area contributed by atoms with Crippen LogP contribution in [0, 0.1) is 11.7 Å². The number of carbonyl (C=O) groups is 1. The Balaban J connectivity index is 1.31. The molecule has 3 aliphatic rings. The van der Waals surface area contributed by atoms with Gasteiger partial charge in [-0.25, -0.2) is 12.8 Å². The lowest BCUT2D eigenvalue weighted by atomic mass is 9.84. The van der Waals surface area contributed by atoms with Crippen molar-refractivity contribution in [2.75, 3.05) is 18.8 Å². The minimum absolute atomic E-state index is 0.0175. The first-order valence-electron chi connectivity index (χ1n) is 14.6. The highest BCUT2D eigenvalue weighted by atomic mass is 35.5. The van der Waals surface area contributed by atoms with E-state index in [1.807, 2.05) is 0 Å². The second-order valence-electron chi connectivity index (χ2n) is 11.9. The van der Waals surface area contributed by atoms with Gasteiger partial charge in [-0.3, -0.25) is 9.78 Å². The third kappa shape index (κ3) is 7.33. The summed E-state index contributed by atoms with van der Waals surface area (Å²) in [7, 11) is -3.31. The molecule has 3 unspecified atom stereocenters. The summed E-state index contributed by atoms with van der Waals surface area (Å²) < 4.78 is 82.3. The first-order valence-corrected chi connectivity index (χ1v) is 16.6. The number of nitrogens with two attached hydrogens (primary N) is 1. The Morgan fingerprint density at radius 1 is 1.14 bits per heavy atom. The molecule has 43 heavy (non-hydrogen) atoms. The minimum Gasteiger partial charge on any atom is -0.352 e. The van der Waals surface area contributed by atoms with Crippen molar-refractivity contribution in [1.29, 1.82) is 0 Å². The van der Waals surface area contributed by atoms with Crippen molar-refractivity contribution in [3.8, 4) is 0 Å². The number of benzene rings is 1. The van der Waals surface area contributed by atoms with Gasteiger partial charge >= 0.3 is 6.18 Å². The van der Waals surface area contributed by atoms with E-state index in [9.17, 15) is 30.8 Å². The summed E-state index contributed by atoms with van der Waals surface area (Å²) in [5.74, 6) is -2.25. The van der Waals surface area contributed by atoms with Crippen LogP contribution in [-0.4, -0.2) is 66.6 Å². The maximum Gasteiger partial charge on any atom is 0.417 e. The van der Waals surface area contributed by atoms with Crippen molar-refractivity contribution in [2.45, 2.75) is 81.2 Å². The Morgan fingerprint density at radius 2 is 1.93 bits per heavy atom. The predicted molar refractivity (Wildman–Crippen MR) is 154 cm³/mol. The second-order valence-corrected chi connectivity index (χ2v) is 14.3. The molecule has 3 fully saturated rings. The summed E-state index contributed by atoms with van der Waals surface area (Å²) >= 11 is 5.84. The number of aromatic nitrogens is 1. The van der Waals surface area contributed by atoms with Crippen molar-refractivity contribution in [1.82, 2.24) is 19.9 Å². The Bertz CT molecular complexity index is 1430. The summed E-state index contributed by atoms with van der Waals surface area (Å²) in [6, 6.07) is 3.07. The molecule has 0 spiro atoms. The topological polar surface area (TPSA) is 117 Å². The highest BCUT2D eigenvalue weighted by Crippen LogP contribution is 2.36. The van der Waals surface area contributed by atoms with Gasteiger partial charge in [-0.05, 0) is 73.8 Å². The fourth-order valence-corrected chi connectivity index (χ4v) is 8.67. The number of sulfonamides is 1. The number of nitrogens with zero attached hydrogens (tertiary/aromatic N) is 2. The van der Waals surface area contributed by atoms with Gasteiger partial charge in [0.15, 0.2) is 0 Å². The first-order chi connectivity index (χ1) is 20.3. The fourth-order valence-electron chi connectivity index (χ4n) is 6.75. The summed E-state index contributed by atoms with van der Waals surface area (Å²) in [6.45, 7) is 1.06. The van der Waals surface area contributed by atoms with E-state index in [0.29, 0.717) is 45.0 Å². The molecule has 8 nitrogen and oxygen atoms in total. The Hall–Kier alpha value is -2.32. The molecule has 1 aliphatic carbocycles. The van der Waals surface area contributed by atoms with Crippen molar-refractivity contribution < 1.29 is 30.8 Å². The van der Waals surface area contributed by atoms with E-state index in [0.717, 1.165) is 31.4 Å². The molecule has 5 rings (SSSR count). The SMILES string of the molecule is NC(C(=O)N[C@H]1CCC[C@@H]1CC[C@H]1CN[C@@H]2CCCS(=O)(=O)N1C2)C(c1cncc(C(F)(F)F)c1)c1ccc(Cl)c(F)c1. The van der Waals surface area contributed by atoms with Gasteiger partial charge < -0.3 is 16.4 Å². The number of piperazine rings is 1. The van der Waals surface area contributed by atoms with E-state index >= 15 is 0 Å². The molecule has 1 saturated carbocycles. The molecule has 0 radical (unpaired) electrons. The molecule has 1 aromatic carbocycles. The molecule has 3 heterocycles. The lowest BCUT2D eigenvalue weighted by Crippen LogP contribution is -2.57. The summed E-state index contributed by atoms with van der Waals surface area (Å²) in [4.78, 5) is 17.3. The summed E-state index contributed by atoms with van der Waals surface area (Å²) in [5.41, 5.74) is 5.63. The zero-order valence-electron chi connectivity index (χ0n) is 23.5. The number of halogens is 5. The molecule has 2 aliphatic heterocycles. The molecular weight excluding hydrogens is 610 g/mol. The zero-order valence-corrected chi connectivity index (χ0v) is 25.1. The Labute approximate surface area is 253 Å². The molecule has 7 atom stereocenters. The summed E-state index contributed by atoms with van der Waals surface area (Å²) in [5, 5.41) is 6.30. The van der Waals surface area contributed by atoms with Crippen LogP contribution in [0.25, 0.3) is 0 Å². The molecule has 14 heteroatoms. The van der Waals surface area contributed by atoms with Gasteiger partial charge in [0.05, 0.1) is 22.4 Å². The van der Waals surface area contributed by atoms with Crippen molar-refractivity contribution in [3.63, 3.8) is 0 Å². The van der Waals surface area contributed by atoms with Crippen LogP contribution < -0.4 is 16.4 Å². The maximum absolute atomic E-state index is 14.4. The first kappa shape index (κ1) is 32.1. The Morgan fingerprint density at radius 3 is 2.67 bits per heavy atom. The average Bonchev–Trinajstić information content (AvgIpc) is 3.35. The van der Waals surface area contributed by atoms with Crippen molar-refractivity contribution >= 4 is 27.5 Å². The van der Waals surface area contributed by atoms with Crippen LogP contribution in [0.4, 0.5) is 17.6 Å². The van der Waals surface area contributed by atoms with Crippen LogP contribution >= 0.6 is 11.6 Å². The quantitative estimate of drug-likeness (QED) is 0.371. The molecule has 2 saturated heterocycles. The van der Waals surface area contributed by atoms with Crippen LogP contribution in [0.3, 0.4) is 0 Å². The van der Waals surface area contributed by atoms with E-state index in [1.54, 1.807) is 4.31 Å². The lowest BCUT2D eigenvalue weighted by molar-refractivity contribution is -0.137. The van der Waals surface area contributed by atoms with E-state index in [4.69, 9.17) is 17.3 Å². The van der Waals surface area contributed by atoms with Gasteiger partial charge in [0.25, 0.3) is 0 Å². The smallest absolute Gasteiger partial charge is 0.352 e. The van der Waals surface area contributed by atoms with Crippen LogP contribution in [0.1, 0.15) is 67.6 Å². The van der Waals surface area contributed by atoms with Gasteiger partial charge in [-0.1, -0.05) is 24.1 Å². The second kappa shape index (κ2) is 13.0. The standard InChI is InChI=1S/C29H36ClF4N5O3S/c30-23-9-7-18(12-24(23)31)26(19-11-20(14-36-13-19)29(32,33)34)27(35)28(40)38-25-5-1-3-17(25)6-8-22-15-37-21-4-2-10-43(41,42)39(22)16-21/h7,9,11-14,17,21-22,25-27,37H,1-6,8,10,15-16,35H2,(H,38,40)/t17-,21-,22+,25+,26?,27?/m1/s1. The van der Waals surface area contributed by atoms with Crippen molar-refractivity contribution in [2.24, 2.45) is 11.7 Å². The Kier molecular flexibility index (Phi) is 9.67. The molecule has 236 valence electrons. The van der Waals surface area contributed by atoms with Crippen LogP contribution in [0.2, 0.25) is 5.02 Å². The number of fused-ring (bicyclic) bond motifs is 2. The number of carbonyl (C=O) groups excluding carboxylic acids is 1. The molecule has 1 aromatic heterocycles. The number of rotatable bonds is 8. The van der Waals surface area contributed by atoms with Crippen LogP contribution in [0.15, 0.2) is 36.7 Å². The average molecular weight is 646 g/mol. The van der Waals surface area contributed by atoms with Gasteiger partial charge in [-0.2, -0.15) is 17.5 Å². The minimum atomic E-state index is -4.68. The predicted octanol–water partition coefficient (Wildman–Crippen LogP) is 4.18. The van der Waals surface area contributed by atoms with E-state index in [-0.39, 0.29) is 45.9 Å². The third-order valence-corrected chi connectivity index (χ3v) is 11.3. The molecule has 2 bridgehead atoms. The molecule has 1 amide bonds. The number of nitrogens with one attached hydrogen (secondary N) is 2. The largest absolute Gasteiger partial charge is 0.417 e. The van der Waals surface area contributed by atoms with E-state index in [2.05, 4.69) is 15.6 Å². The van der Waals surface area contributed by atoms with Gasteiger partial charge in [0.2, 0.25) is 15.9 Å². The number of amides is 1. The maximum atomic E-state index is 14.4. The van der Waals surface area contributed by atoms with Gasteiger partial charge in [0.1, 0.15) is 5.82 Å². The zero-order chi connectivity index (χ0) is 30.9. The number of alkyl halides is 3. The number of hydrogen-bond acceptors (Lipinski definition) is 6. The van der Waals surface area contributed by atoms with E-state index in [1.165, 1.54) is 18.3 Å². The molecular formula is C29H36ClF4N5O3S. The molecule has 4 N–H and O–H groups in total. The highest BCUT2D eigenvalue weighted by Gasteiger charge is 2.40. The monoisotopic (exact) mass is 645 g/mol. The van der Waals surface area contributed by atoms with Crippen molar-refractivity contribution in [3.05, 3.63) is 64.2 Å².